The molecule has 0 spiro atoms. The zero-order valence-corrected chi connectivity index (χ0v) is 11.9. The second-order valence-electron chi connectivity index (χ2n) is 4.52. The van der Waals surface area contributed by atoms with E-state index in [1.807, 2.05) is 5.48 Å². The van der Waals surface area contributed by atoms with Crippen molar-refractivity contribution in [3.8, 4) is 0 Å². The van der Waals surface area contributed by atoms with Crippen LogP contribution in [0.2, 0.25) is 5.02 Å². The van der Waals surface area contributed by atoms with Gasteiger partial charge in [0.05, 0.1) is 11.2 Å². The standard InChI is InChI=1S/C14H11ClFN5O/c15-7-2-1-3-9(4-7)18-13(21-22)10-5-8(16)6-11-12(10)20-14(17)19-11/h1-6,22H,(H,18,21)(H3,17,19,20). The number of nitrogens with two attached hydrogens (primary N) is 1. The van der Waals surface area contributed by atoms with E-state index >= 15 is 0 Å². The van der Waals surface area contributed by atoms with Crippen LogP contribution < -0.4 is 11.2 Å². The minimum absolute atomic E-state index is 0.0262. The van der Waals surface area contributed by atoms with Crippen LogP contribution >= 0.6 is 11.6 Å². The van der Waals surface area contributed by atoms with Gasteiger partial charge in [-0.2, -0.15) is 0 Å². The molecule has 1 aromatic heterocycles. The van der Waals surface area contributed by atoms with Crippen molar-refractivity contribution in [1.29, 1.82) is 0 Å². The van der Waals surface area contributed by atoms with E-state index in [0.29, 0.717) is 21.7 Å². The van der Waals surface area contributed by atoms with E-state index in [0.717, 1.165) is 0 Å². The molecule has 0 aliphatic rings. The first-order valence-corrected chi connectivity index (χ1v) is 6.64. The smallest absolute Gasteiger partial charge is 0.198 e. The maximum atomic E-state index is 13.7. The number of nitrogens with one attached hydrogen (secondary N) is 2. The molecule has 0 saturated heterocycles. The predicted molar refractivity (Wildman–Crippen MR) is 83.0 cm³/mol. The number of anilines is 1. The summed E-state index contributed by atoms with van der Waals surface area (Å²) in [7, 11) is 0. The molecule has 0 atom stereocenters. The van der Waals surface area contributed by atoms with Gasteiger partial charge in [0.25, 0.3) is 0 Å². The van der Waals surface area contributed by atoms with Gasteiger partial charge in [0.2, 0.25) is 0 Å². The van der Waals surface area contributed by atoms with Gasteiger partial charge < -0.3 is 10.7 Å². The molecule has 0 radical (unpaired) electrons. The Morgan fingerprint density at radius 3 is 2.91 bits per heavy atom. The van der Waals surface area contributed by atoms with E-state index in [2.05, 4.69) is 15.0 Å². The monoisotopic (exact) mass is 319 g/mol. The van der Waals surface area contributed by atoms with Gasteiger partial charge in [-0.15, -0.1) is 0 Å². The number of hydrogen-bond acceptors (Lipinski definition) is 4. The number of aliphatic imine (C=N–C) groups is 1. The minimum atomic E-state index is -0.514. The molecule has 0 aliphatic heterocycles. The van der Waals surface area contributed by atoms with E-state index < -0.39 is 5.82 Å². The average Bonchev–Trinajstić information content (AvgIpc) is 2.84. The molecule has 3 aromatic rings. The molecule has 6 nitrogen and oxygen atoms in total. The lowest BCUT2D eigenvalue weighted by atomic mass is 10.1. The molecule has 2 aromatic carbocycles. The van der Waals surface area contributed by atoms with E-state index in [1.54, 1.807) is 24.3 Å². The average molecular weight is 320 g/mol. The van der Waals surface area contributed by atoms with Crippen molar-refractivity contribution < 1.29 is 9.60 Å². The lowest BCUT2D eigenvalue weighted by Crippen LogP contribution is -2.20. The summed E-state index contributed by atoms with van der Waals surface area (Å²) in [4.78, 5) is 11.0. The fraction of sp³-hybridized carbons (Fsp3) is 0. The van der Waals surface area contributed by atoms with Crippen molar-refractivity contribution >= 4 is 40.1 Å². The first kappa shape index (κ1) is 14.3. The summed E-state index contributed by atoms with van der Waals surface area (Å²) in [5.41, 5.74) is 9.11. The summed E-state index contributed by atoms with van der Waals surface area (Å²) in [6.07, 6.45) is 0. The zero-order chi connectivity index (χ0) is 15.7. The van der Waals surface area contributed by atoms with Crippen molar-refractivity contribution in [2.45, 2.75) is 0 Å². The lowest BCUT2D eigenvalue weighted by molar-refractivity contribution is 0.235. The molecule has 1 heterocycles. The molecule has 3 rings (SSSR count). The number of benzene rings is 2. The number of imidazole rings is 1. The Hall–Kier alpha value is -2.64. The Morgan fingerprint density at radius 1 is 1.36 bits per heavy atom. The van der Waals surface area contributed by atoms with Crippen LogP contribution in [0, 0.1) is 5.82 Å². The summed E-state index contributed by atoms with van der Waals surface area (Å²) < 4.78 is 13.7. The Morgan fingerprint density at radius 2 is 2.18 bits per heavy atom. The van der Waals surface area contributed by atoms with Crippen molar-refractivity contribution in [2.24, 2.45) is 4.99 Å². The third-order valence-corrected chi connectivity index (χ3v) is 3.21. The Bertz CT molecular complexity index is 877. The molecule has 112 valence electrons. The number of nitrogen functional groups attached to an aromatic ring is 1. The number of halogens is 2. The third-order valence-electron chi connectivity index (χ3n) is 2.98. The van der Waals surface area contributed by atoms with Crippen molar-refractivity contribution in [1.82, 2.24) is 15.4 Å². The summed E-state index contributed by atoms with van der Waals surface area (Å²) in [5, 5.41) is 9.85. The first-order valence-electron chi connectivity index (χ1n) is 6.26. The van der Waals surface area contributed by atoms with Gasteiger partial charge in [-0.1, -0.05) is 17.7 Å². The highest BCUT2D eigenvalue weighted by Crippen LogP contribution is 2.23. The molecule has 0 amide bonds. The lowest BCUT2D eigenvalue weighted by Gasteiger charge is -2.06. The summed E-state index contributed by atoms with van der Waals surface area (Å²) in [6, 6.07) is 9.17. The number of amidine groups is 1. The number of hydrogen-bond donors (Lipinski definition) is 4. The molecule has 22 heavy (non-hydrogen) atoms. The van der Waals surface area contributed by atoms with E-state index in [-0.39, 0.29) is 17.3 Å². The third kappa shape index (κ3) is 2.72. The number of hydroxylamine groups is 1. The van der Waals surface area contributed by atoms with Gasteiger partial charge in [-0.25, -0.2) is 14.4 Å². The predicted octanol–water partition coefficient (Wildman–Crippen LogP) is 2.99. The summed E-state index contributed by atoms with van der Waals surface area (Å²) in [5.74, 6) is -0.347. The van der Waals surface area contributed by atoms with Crippen molar-refractivity contribution in [3.05, 3.63) is 52.8 Å². The van der Waals surface area contributed by atoms with Crippen LogP contribution in [-0.4, -0.2) is 21.0 Å². The Labute approximate surface area is 129 Å². The van der Waals surface area contributed by atoms with E-state index in [4.69, 9.17) is 17.3 Å². The van der Waals surface area contributed by atoms with Gasteiger partial charge in [-0.05, 0) is 30.3 Å². The summed E-state index contributed by atoms with van der Waals surface area (Å²) >= 11 is 5.90. The summed E-state index contributed by atoms with van der Waals surface area (Å²) in [6.45, 7) is 0. The molecule has 0 aliphatic carbocycles. The highest BCUT2D eigenvalue weighted by Gasteiger charge is 2.14. The molecule has 5 N–H and O–H groups in total. The second-order valence-corrected chi connectivity index (χ2v) is 4.96. The molecule has 0 fully saturated rings. The molecular formula is C14H11ClFN5O. The number of aromatic amines is 1. The first-order chi connectivity index (χ1) is 10.6. The topological polar surface area (TPSA) is 99.3 Å². The van der Waals surface area contributed by atoms with Crippen LogP contribution in [0.5, 0.6) is 0 Å². The van der Waals surface area contributed by atoms with Gasteiger partial charge >= 0.3 is 0 Å². The maximum Gasteiger partial charge on any atom is 0.198 e. The van der Waals surface area contributed by atoms with Crippen LogP contribution in [0.15, 0.2) is 41.4 Å². The van der Waals surface area contributed by atoms with Gasteiger partial charge in [0, 0.05) is 10.6 Å². The van der Waals surface area contributed by atoms with Crippen LogP contribution in [0.4, 0.5) is 16.0 Å². The Kier molecular flexibility index (Phi) is 3.66. The van der Waals surface area contributed by atoms with Crippen LogP contribution in [0.1, 0.15) is 5.56 Å². The van der Waals surface area contributed by atoms with Crippen molar-refractivity contribution in [2.75, 3.05) is 5.73 Å². The highest BCUT2D eigenvalue weighted by atomic mass is 35.5. The Balaban J connectivity index is 2.18. The fourth-order valence-corrected chi connectivity index (χ4v) is 2.29. The minimum Gasteiger partial charge on any atom is -0.369 e. The van der Waals surface area contributed by atoms with E-state index in [1.165, 1.54) is 12.1 Å². The number of nitrogens with zero attached hydrogens (tertiary/aromatic N) is 2. The number of fused-ring (bicyclic) bond motifs is 1. The number of H-pyrrole nitrogens is 1. The van der Waals surface area contributed by atoms with Crippen molar-refractivity contribution in [3.63, 3.8) is 0 Å². The molecular weight excluding hydrogens is 309 g/mol. The molecule has 0 unspecified atom stereocenters. The van der Waals surface area contributed by atoms with Gasteiger partial charge in [0.15, 0.2) is 11.8 Å². The largest absolute Gasteiger partial charge is 0.369 e. The fourth-order valence-electron chi connectivity index (χ4n) is 2.10. The normalized spacial score (nSPS) is 11.9. The second kappa shape index (κ2) is 5.63. The van der Waals surface area contributed by atoms with E-state index in [9.17, 15) is 9.60 Å². The van der Waals surface area contributed by atoms with Gasteiger partial charge in [0.1, 0.15) is 11.3 Å². The SMILES string of the molecule is Nc1nc2c(C(=Nc3cccc(Cl)c3)NO)cc(F)cc2[nH]1. The van der Waals surface area contributed by atoms with Crippen LogP contribution in [0.25, 0.3) is 11.0 Å². The number of rotatable bonds is 2. The quantitative estimate of drug-likeness (QED) is 0.331. The molecule has 0 bridgehead atoms. The number of aromatic nitrogens is 2. The maximum absolute atomic E-state index is 13.7. The van der Waals surface area contributed by atoms with Crippen LogP contribution in [-0.2, 0) is 0 Å². The zero-order valence-electron chi connectivity index (χ0n) is 11.1. The van der Waals surface area contributed by atoms with Crippen LogP contribution in [0.3, 0.4) is 0 Å². The highest BCUT2D eigenvalue weighted by molar-refractivity contribution is 6.30. The molecule has 8 heteroatoms. The molecule has 0 saturated carbocycles. The van der Waals surface area contributed by atoms with Gasteiger partial charge in [-0.3, -0.25) is 10.7 Å².